The first-order valence-corrected chi connectivity index (χ1v) is 8.93. The Morgan fingerprint density at radius 3 is 2.56 bits per heavy atom. The summed E-state index contributed by atoms with van der Waals surface area (Å²) in [6.45, 7) is 0. The van der Waals surface area contributed by atoms with E-state index < -0.39 is 6.04 Å². The highest BCUT2D eigenvalue weighted by Gasteiger charge is 2.51. The van der Waals surface area contributed by atoms with Gasteiger partial charge in [0.2, 0.25) is 0 Å². The number of nitrogens with one attached hydrogen (secondary N) is 1. The normalized spacial score (nSPS) is 21.6. The third-order valence-electron chi connectivity index (χ3n) is 5.69. The Labute approximate surface area is 156 Å². The van der Waals surface area contributed by atoms with E-state index in [0.29, 0.717) is 6.42 Å². The number of carbonyl (C=O) groups is 2. The molecule has 6 heteroatoms. The van der Waals surface area contributed by atoms with Gasteiger partial charge in [0.15, 0.2) is 0 Å². The van der Waals surface area contributed by atoms with E-state index in [0.717, 1.165) is 33.5 Å². The second-order valence-corrected chi connectivity index (χ2v) is 7.05. The van der Waals surface area contributed by atoms with Crippen molar-refractivity contribution in [2.75, 3.05) is 14.2 Å². The van der Waals surface area contributed by atoms with E-state index in [2.05, 4.69) is 11.1 Å². The number of hydrogen-bond donors (Lipinski definition) is 1. The van der Waals surface area contributed by atoms with Crippen LogP contribution < -0.4 is 4.74 Å². The highest BCUT2D eigenvalue weighted by molar-refractivity contribution is 6.05. The fraction of sp³-hybridized carbons (Fsp3) is 0.238. The van der Waals surface area contributed by atoms with Crippen LogP contribution in [0.1, 0.15) is 22.9 Å². The molecule has 27 heavy (non-hydrogen) atoms. The van der Waals surface area contributed by atoms with E-state index in [-0.39, 0.29) is 18.0 Å². The number of carbonyl (C=O) groups excluding carboxylic acids is 2. The van der Waals surface area contributed by atoms with Crippen molar-refractivity contribution in [1.82, 2.24) is 14.8 Å². The van der Waals surface area contributed by atoms with E-state index in [1.807, 2.05) is 42.5 Å². The Kier molecular flexibility index (Phi) is 3.31. The third-order valence-corrected chi connectivity index (χ3v) is 5.69. The lowest BCUT2D eigenvalue weighted by molar-refractivity contribution is -0.127. The topological polar surface area (TPSA) is 65.6 Å². The van der Waals surface area contributed by atoms with Crippen molar-refractivity contribution in [3.63, 3.8) is 0 Å². The molecule has 2 atom stereocenters. The molecular formula is C21H19N3O3. The van der Waals surface area contributed by atoms with Gasteiger partial charge in [0, 0.05) is 30.1 Å². The van der Waals surface area contributed by atoms with Crippen LogP contribution in [0.4, 0.5) is 4.79 Å². The minimum Gasteiger partial charge on any atom is -0.497 e. The number of nitrogens with zero attached hydrogens (tertiary/aromatic N) is 2. The molecule has 1 aromatic heterocycles. The third kappa shape index (κ3) is 2.13. The molecular weight excluding hydrogens is 342 g/mol. The van der Waals surface area contributed by atoms with Gasteiger partial charge in [0.1, 0.15) is 17.8 Å². The molecule has 136 valence electrons. The van der Waals surface area contributed by atoms with Gasteiger partial charge in [0.25, 0.3) is 5.91 Å². The summed E-state index contributed by atoms with van der Waals surface area (Å²) in [7, 11) is 3.18. The number of urea groups is 1. The number of aromatic amines is 1. The SMILES string of the molecule is COc1ccc([C@H]2c3[nH]c4ccccc4c3C[C@@H]3C(=O)N(C)C(=O)N23)cc1. The van der Waals surface area contributed by atoms with Crippen LogP contribution in [0, 0.1) is 0 Å². The number of ether oxygens (including phenoxy) is 1. The molecule has 0 saturated carbocycles. The first-order chi connectivity index (χ1) is 13.1. The van der Waals surface area contributed by atoms with Crippen LogP contribution in [0.3, 0.4) is 0 Å². The summed E-state index contributed by atoms with van der Waals surface area (Å²) >= 11 is 0. The number of fused-ring (bicyclic) bond motifs is 4. The molecule has 1 N–H and O–H groups in total. The molecule has 6 nitrogen and oxygen atoms in total. The second kappa shape index (κ2) is 5.61. The molecule has 0 bridgehead atoms. The van der Waals surface area contributed by atoms with Crippen molar-refractivity contribution in [3.8, 4) is 5.75 Å². The Morgan fingerprint density at radius 2 is 1.81 bits per heavy atom. The van der Waals surface area contributed by atoms with Gasteiger partial charge in [-0.2, -0.15) is 0 Å². The molecule has 1 saturated heterocycles. The van der Waals surface area contributed by atoms with Crippen molar-refractivity contribution in [2.24, 2.45) is 0 Å². The summed E-state index contributed by atoms with van der Waals surface area (Å²) in [6.07, 6.45) is 0.529. The molecule has 3 amide bonds. The Hall–Kier alpha value is -3.28. The first kappa shape index (κ1) is 15.9. The molecule has 3 heterocycles. The number of benzene rings is 2. The van der Waals surface area contributed by atoms with E-state index >= 15 is 0 Å². The minimum atomic E-state index is -0.471. The molecule has 5 rings (SSSR count). The first-order valence-electron chi connectivity index (χ1n) is 8.93. The maximum Gasteiger partial charge on any atom is 0.328 e. The molecule has 0 radical (unpaired) electrons. The predicted octanol–water partition coefficient (Wildman–Crippen LogP) is 3.08. The highest BCUT2D eigenvalue weighted by atomic mass is 16.5. The molecule has 1 fully saturated rings. The van der Waals surface area contributed by atoms with Crippen LogP contribution in [0.2, 0.25) is 0 Å². The van der Waals surface area contributed by atoms with Gasteiger partial charge < -0.3 is 9.72 Å². The summed E-state index contributed by atoms with van der Waals surface area (Å²) in [4.78, 5) is 32.0. The van der Waals surface area contributed by atoms with Crippen LogP contribution in [0.25, 0.3) is 10.9 Å². The molecule has 0 unspecified atom stereocenters. The molecule has 2 aliphatic rings. The maximum atomic E-state index is 12.9. The second-order valence-electron chi connectivity index (χ2n) is 7.05. The number of aromatic nitrogens is 1. The summed E-state index contributed by atoms with van der Waals surface area (Å²) in [6, 6.07) is 14.7. The number of rotatable bonds is 2. The lowest BCUT2D eigenvalue weighted by Crippen LogP contribution is -2.44. The summed E-state index contributed by atoms with van der Waals surface area (Å²) < 4.78 is 5.27. The van der Waals surface area contributed by atoms with E-state index in [9.17, 15) is 9.59 Å². The largest absolute Gasteiger partial charge is 0.497 e. The zero-order valence-corrected chi connectivity index (χ0v) is 15.1. The summed E-state index contributed by atoms with van der Waals surface area (Å²) in [5.74, 6) is 0.610. The zero-order valence-electron chi connectivity index (χ0n) is 15.1. The average molecular weight is 361 g/mol. The number of H-pyrrole nitrogens is 1. The Balaban J connectivity index is 1.74. The van der Waals surface area contributed by atoms with Crippen molar-refractivity contribution in [2.45, 2.75) is 18.5 Å². The van der Waals surface area contributed by atoms with E-state index in [1.165, 1.54) is 4.90 Å². The Bertz CT molecular complexity index is 1070. The van der Waals surface area contributed by atoms with Crippen molar-refractivity contribution in [3.05, 3.63) is 65.4 Å². The van der Waals surface area contributed by atoms with Crippen LogP contribution in [-0.2, 0) is 11.2 Å². The number of para-hydroxylation sites is 1. The van der Waals surface area contributed by atoms with Crippen molar-refractivity contribution < 1.29 is 14.3 Å². The smallest absolute Gasteiger partial charge is 0.328 e. The van der Waals surface area contributed by atoms with Crippen LogP contribution in [-0.4, -0.2) is 46.9 Å². The van der Waals surface area contributed by atoms with Gasteiger partial charge in [-0.1, -0.05) is 30.3 Å². The van der Waals surface area contributed by atoms with Gasteiger partial charge in [-0.3, -0.25) is 14.6 Å². The number of hydrogen-bond acceptors (Lipinski definition) is 3. The zero-order chi connectivity index (χ0) is 18.7. The van der Waals surface area contributed by atoms with Crippen LogP contribution in [0.15, 0.2) is 48.5 Å². The molecule has 2 aliphatic heterocycles. The lowest BCUT2D eigenvalue weighted by atomic mass is 9.89. The molecule has 3 aromatic rings. The number of amides is 3. The summed E-state index contributed by atoms with van der Waals surface area (Å²) in [5.41, 5.74) is 4.07. The number of methoxy groups -OCH3 is 1. The standard InChI is InChI=1S/C21H19N3O3/c1-23-20(25)17-11-15-14-5-3-4-6-16(14)22-18(15)19(24(17)21(23)26)12-7-9-13(27-2)10-8-12/h3-10,17,19,22H,11H2,1-2H3/t17-,19+/m1/s1. The number of imide groups is 1. The van der Waals surface area contributed by atoms with Crippen molar-refractivity contribution >= 4 is 22.8 Å². The fourth-order valence-electron chi connectivity index (χ4n) is 4.34. The van der Waals surface area contributed by atoms with E-state index in [4.69, 9.17) is 4.74 Å². The average Bonchev–Trinajstić information content (AvgIpc) is 3.18. The van der Waals surface area contributed by atoms with Gasteiger partial charge in [-0.15, -0.1) is 0 Å². The minimum absolute atomic E-state index is 0.144. The molecule has 2 aromatic carbocycles. The quantitative estimate of drug-likeness (QED) is 0.714. The van der Waals surface area contributed by atoms with Gasteiger partial charge in [-0.25, -0.2) is 4.79 Å². The van der Waals surface area contributed by atoms with E-state index in [1.54, 1.807) is 19.1 Å². The Morgan fingerprint density at radius 1 is 1.07 bits per heavy atom. The summed E-state index contributed by atoms with van der Waals surface area (Å²) in [5, 5.41) is 1.11. The van der Waals surface area contributed by atoms with Crippen LogP contribution in [0.5, 0.6) is 5.75 Å². The monoisotopic (exact) mass is 361 g/mol. The number of likely N-dealkylation sites (N-methyl/N-ethyl adjacent to an activating group) is 1. The predicted molar refractivity (Wildman–Crippen MR) is 101 cm³/mol. The van der Waals surface area contributed by atoms with Gasteiger partial charge in [-0.05, 0) is 29.3 Å². The lowest BCUT2D eigenvalue weighted by Gasteiger charge is -2.36. The molecule has 0 spiro atoms. The maximum absolute atomic E-state index is 12.9. The van der Waals surface area contributed by atoms with Crippen LogP contribution >= 0.6 is 0 Å². The molecule has 0 aliphatic carbocycles. The highest BCUT2D eigenvalue weighted by Crippen LogP contribution is 2.43. The van der Waals surface area contributed by atoms with Crippen molar-refractivity contribution in [1.29, 1.82) is 0 Å². The fourth-order valence-corrected chi connectivity index (χ4v) is 4.34. The van der Waals surface area contributed by atoms with Gasteiger partial charge >= 0.3 is 6.03 Å². The van der Waals surface area contributed by atoms with Gasteiger partial charge in [0.05, 0.1) is 7.11 Å².